The quantitative estimate of drug-likeness (QED) is 0.192. The molecule has 2 fully saturated rings. The van der Waals surface area contributed by atoms with Crippen molar-refractivity contribution < 1.29 is 26.7 Å². The third-order valence-electron chi connectivity index (χ3n) is 8.21. The first kappa shape index (κ1) is 29.3. The molecule has 222 valence electrons. The summed E-state index contributed by atoms with van der Waals surface area (Å²) in [4.78, 5) is 34.2. The normalized spacial score (nSPS) is 22.3. The first-order valence-electron chi connectivity index (χ1n) is 13.1. The molecule has 4 heterocycles. The molecule has 0 bridgehead atoms. The molecule has 14 heteroatoms. The Bertz CT molecular complexity index is 1710. The first-order chi connectivity index (χ1) is 19.9. The zero-order valence-corrected chi connectivity index (χ0v) is 24.6. The van der Waals surface area contributed by atoms with Gasteiger partial charge in [-0.3, -0.25) is 9.36 Å². The Hall–Kier alpha value is -2.77. The maximum absolute atomic E-state index is 15.2. The highest BCUT2D eigenvalue weighted by Crippen LogP contribution is 2.50. The van der Waals surface area contributed by atoms with E-state index in [1.54, 1.807) is 16.7 Å². The van der Waals surface area contributed by atoms with Crippen molar-refractivity contribution in [3.05, 3.63) is 63.6 Å². The van der Waals surface area contributed by atoms with Crippen molar-refractivity contribution in [1.82, 2.24) is 14.5 Å². The number of carbonyl (C=O) groups excluding carboxylic acids is 1. The lowest BCUT2D eigenvalue weighted by molar-refractivity contribution is -0.137. The van der Waals surface area contributed by atoms with Gasteiger partial charge in [0.1, 0.15) is 17.5 Å². The van der Waals surface area contributed by atoms with Crippen LogP contribution in [0.1, 0.15) is 18.9 Å². The maximum Gasteiger partial charge on any atom is 0.417 e. The van der Waals surface area contributed by atoms with Crippen molar-refractivity contribution in [3.63, 3.8) is 0 Å². The van der Waals surface area contributed by atoms with E-state index in [2.05, 4.69) is 11.6 Å². The number of aromatic nitrogens is 2. The third kappa shape index (κ3) is 4.50. The summed E-state index contributed by atoms with van der Waals surface area (Å²) in [6.45, 7) is 6.23. The van der Waals surface area contributed by atoms with Gasteiger partial charge in [-0.1, -0.05) is 18.2 Å². The second kappa shape index (κ2) is 10.4. The standard InChI is InChI=1S/C28H24ClF5N4O2S2/c1-3-21(39)38-7-6-36(20-12-41-13-27(20,38)2)25-15-9-16(28(32,33)34)22(14-10-17(29)19(31)11-18(14)30)24-23(15)37(26(40)35-25)5-4-8-42-24/h3,9-11,20H,1,4-8,12-13H2,2H3/t20-,27+/m1/s1. The van der Waals surface area contributed by atoms with Crippen LogP contribution in [0.4, 0.5) is 27.8 Å². The third-order valence-corrected chi connectivity index (χ3v) is 11.0. The van der Waals surface area contributed by atoms with Crippen LogP contribution in [-0.4, -0.2) is 62.3 Å². The van der Waals surface area contributed by atoms with Crippen LogP contribution in [0, 0.1) is 11.6 Å². The molecule has 0 radical (unpaired) electrons. The fourth-order valence-electron chi connectivity index (χ4n) is 6.24. The van der Waals surface area contributed by atoms with E-state index in [0.717, 1.165) is 23.9 Å². The van der Waals surface area contributed by atoms with Gasteiger partial charge in [-0.2, -0.15) is 29.9 Å². The molecule has 1 amide bonds. The summed E-state index contributed by atoms with van der Waals surface area (Å²) in [5.41, 5.74) is -3.24. The van der Waals surface area contributed by atoms with Gasteiger partial charge in [-0.15, -0.1) is 11.8 Å². The lowest BCUT2D eigenvalue weighted by Crippen LogP contribution is -2.68. The highest BCUT2D eigenvalue weighted by atomic mass is 35.5. The fourth-order valence-corrected chi connectivity index (χ4v) is 9.25. The molecule has 42 heavy (non-hydrogen) atoms. The zero-order valence-electron chi connectivity index (χ0n) is 22.2. The van der Waals surface area contributed by atoms with Gasteiger partial charge in [0, 0.05) is 58.6 Å². The van der Waals surface area contributed by atoms with Crippen molar-refractivity contribution >= 4 is 57.8 Å². The number of aryl methyl sites for hydroxylation is 1. The van der Waals surface area contributed by atoms with Crippen molar-refractivity contribution in [1.29, 1.82) is 0 Å². The van der Waals surface area contributed by atoms with Gasteiger partial charge < -0.3 is 9.80 Å². The predicted molar refractivity (Wildman–Crippen MR) is 155 cm³/mol. The van der Waals surface area contributed by atoms with Crippen LogP contribution in [0.15, 0.2) is 40.5 Å². The summed E-state index contributed by atoms with van der Waals surface area (Å²) < 4.78 is 75.0. The zero-order chi connectivity index (χ0) is 30.1. The van der Waals surface area contributed by atoms with Gasteiger partial charge in [0.25, 0.3) is 0 Å². The molecule has 1 aromatic heterocycles. The predicted octanol–water partition coefficient (Wildman–Crippen LogP) is 6.22. The minimum Gasteiger partial charge on any atom is -0.348 e. The summed E-state index contributed by atoms with van der Waals surface area (Å²) in [5.74, 6) is -0.939. The number of hydrogen-bond acceptors (Lipinski definition) is 6. The SMILES string of the molecule is C=CC(=O)N1CCN(c2nc(=O)n3c4c(c(-c5cc(Cl)c(F)cc5F)c(C(F)(F)F)cc24)SCCC3)[C@@H]2CSC[C@@]21C. The Morgan fingerprint density at radius 2 is 1.95 bits per heavy atom. The highest BCUT2D eigenvalue weighted by Gasteiger charge is 2.52. The Balaban J connectivity index is 1.67. The van der Waals surface area contributed by atoms with E-state index < -0.39 is 50.8 Å². The summed E-state index contributed by atoms with van der Waals surface area (Å²) in [6.07, 6.45) is -3.24. The number of hydrogen-bond donors (Lipinski definition) is 0. The number of benzene rings is 2. The molecule has 0 aliphatic carbocycles. The van der Waals surface area contributed by atoms with Gasteiger partial charge >= 0.3 is 11.9 Å². The van der Waals surface area contributed by atoms with Gasteiger partial charge in [0.2, 0.25) is 5.91 Å². The van der Waals surface area contributed by atoms with E-state index in [0.29, 0.717) is 29.7 Å². The summed E-state index contributed by atoms with van der Waals surface area (Å²) in [7, 11) is 0. The van der Waals surface area contributed by atoms with Gasteiger partial charge in [0.15, 0.2) is 0 Å². The molecule has 6 rings (SSSR count). The van der Waals surface area contributed by atoms with Gasteiger partial charge in [-0.25, -0.2) is 13.6 Å². The number of carbonyl (C=O) groups is 1. The first-order valence-corrected chi connectivity index (χ1v) is 15.6. The number of piperazine rings is 1. The fraction of sp³-hybridized carbons (Fsp3) is 0.393. The Kier molecular flexibility index (Phi) is 7.29. The summed E-state index contributed by atoms with van der Waals surface area (Å²) in [6, 6.07) is 1.89. The van der Waals surface area contributed by atoms with Crippen LogP contribution in [0.2, 0.25) is 5.02 Å². The molecule has 0 spiro atoms. The minimum atomic E-state index is -4.94. The molecule has 0 saturated carbocycles. The molecule has 6 nitrogen and oxygen atoms in total. The summed E-state index contributed by atoms with van der Waals surface area (Å²) >= 11 is 8.61. The van der Waals surface area contributed by atoms with E-state index in [9.17, 15) is 27.2 Å². The Labute approximate surface area is 250 Å². The number of halogens is 6. The average molecular weight is 643 g/mol. The van der Waals surface area contributed by atoms with E-state index in [1.165, 1.54) is 10.6 Å². The van der Waals surface area contributed by atoms with Crippen molar-refractivity contribution in [2.75, 3.05) is 35.2 Å². The van der Waals surface area contributed by atoms with Crippen molar-refractivity contribution in [2.45, 2.75) is 42.5 Å². The molecule has 0 N–H and O–H groups in total. The molecular formula is C28H24ClF5N4O2S2. The molecule has 3 aromatic rings. The molecule has 2 saturated heterocycles. The van der Waals surface area contributed by atoms with Gasteiger partial charge in [-0.05, 0) is 37.3 Å². The topological polar surface area (TPSA) is 58.4 Å². The van der Waals surface area contributed by atoms with Crippen LogP contribution in [0.3, 0.4) is 0 Å². The van der Waals surface area contributed by atoms with Gasteiger partial charge in [0.05, 0.1) is 27.7 Å². The van der Waals surface area contributed by atoms with E-state index in [4.69, 9.17) is 11.6 Å². The van der Waals surface area contributed by atoms with Crippen LogP contribution >= 0.6 is 35.1 Å². The molecule has 3 aliphatic rings. The van der Waals surface area contributed by atoms with Crippen LogP contribution < -0.4 is 10.6 Å². The van der Waals surface area contributed by atoms with Crippen molar-refractivity contribution in [3.8, 4) is 11.1 Å². The molecule has 2 aromatic carbocycles. The monoisotopic (exact) mass is 642 g/mol. The van der Waals surface area contributed by atoms with Crippen LogP contribution in [0.5, 0.6) is 0 Å². The largest absolute Gasteiger partial charge is 0.417 e. The molecular weight excluding hydrogens is 619 g/mol. The van der Waals surface area contributed by atoms with E-state index >= 15 is 4.39 Å². The number of anilines is 1. The number of nitrogens with zero attached hydrogens (tertiary/aromatic N) is 4. The Morgan fingerprint density at radius 3 is 2.67 bits per heavy atom. The minimum absolute atomic E-state index is 0.0590. The number of fused-ring (bicyclic) bond motifs is 1. The lowest BCUT2D eigenvalue weighted by atomic mass is 9.88. The number of alkyl halides is 3. The number of amides is 1. The lowest BCUT2D eigenvalue weighted by Gasteiger charge is -2.51. The maximum atomic E-state index is 15.2. The van der Waals surface area contributed by atoms with E-state index in [1.807, 2.05) is 11.8 Å². The smallest absolute Gasteiger partial charge is 0.348 e. The van der Waals surface area contributed by atoms with Crippen molar-refractivity contribution in [2.24, 2.45) is 0 Å². The number of rotatable bonds is 3. The van der Waals surface area contributed by atoms with E-state index in [-0.39, 0.29) is 53.2 Å². The number of thioether (sulfide) groups is 2. The molecule has 0 unspecified atom stereocenters. The second-order valence-corrected chi connectivity index (χ2v) is 13.2. The molecule has 2 atom stereocenters. The molecule has 3 aliphatic heterocycles. The Morgan fingerprint density at radius 1 is 1.19 bits per heavy atom. The second-order valence-electron chi connectivity index (χ2n) is 10.6. The summed E-state index contributed by atoms with van der Waals surface area (Å²) in [5, 5.41) is -0.422. The van der Waals surface area contributed by atoms with Crippen LogP contribution in [-0.2, 0) is 17.5 Å². The highest BCUT2D eigenvalue weighted by molar-refractivity contribution is 7.99. The average Bonchev–Trinajstić information content (AvgIpc) is 3.20. The van der Waals surface area contributed by atoms with Crippen LogP contribution in [0.25, 0.3) is 22.0 Å².